The molecule has 0 amide bonds. The third-order valence-corrected chi connectivity index (χ3v) is 3.25. The van der Waals surface area contributed by atoms with Crippen LogP contribution in [0, 0.1) is 5.82 Å². The number of nitrogens with one attached hydrogen (secondary N) is 1. The molecule has 0 saturated carbocycles. The molecule has 1 N–H and O–H groups in total. The number of halogens is 1. The van der Waals surface area contributed by atoms with Crippen molar-refractivity contribution in [2.45, 2.75) is 19.4 Å². The maximum absolute atomic E-state index is 13.6. The van der Waals surface area contributed by atoms with Gasteiger partial charge >= 0.3 is 0 Å². The van der Waals surface area contributed by atoms with Crippen LogP contribution in [0.2, 0.25) is 0 Å². The minimum atomic E-state index is -0.148. The Kier molecular flexibility index (Phi) is 4.23. The first kappa shape index (κ1) is 12.2. The number of nitrogens with zero attached hydrogens (tertiary/aromatic N) is 1. The van der Waals surface area contributed by atoms with Gasteiger partial charge in [-0.3, -0.25) is 0 Å². The molecule has 90 valence electrons. The Morgan fingerprint density at radius 1 is 1.41 bits per heavy atom. The van der Waals surface area contributed by atoms with E-state index in [2.05, 4.69) is 10.3 Å². The zero-order valence-electron chi connectivity index (χ0n) is 9.69. The first-order valence-electron chi connectivity index (χ1n) is 5.66. The second-order valence-corrected chi connectivity index (χ2v) is 4.54. The molecule has 0 bridgehead atoms. The van der Waals surface area contributed by atoms with E-state index in [1.807, 2.05) is 24.4 Å². The highest BCUT2D eigenvalue weighted by Gasteiger charge is 2.14. The SMILES string of the molecule is CCNC(Cc1ccccc1F)c1cscn1. The molecule has 0 aliphatic rings. The Hall–Kier alpha value is -1.26. The summed E-state index contributed by atoms with van der Waals surface area (Å²) >= 11 is 1.56. The van der Waals surface area contributed by atoms with E-state index < -0.39 is 0 Å². The van der Waals surface area contributed by atoms with Crippen molar-refractivity contribution in [1.29, 1.82) is 0 Å². The molecule has 4 heteroatoms. The van der Waals surface area contributed by atoms with Crippen LogP contribution in [0.1, 0.15) is 24.2 Å². The van der Waals surface area contributed by atoms with Gasteiger partial charge in [-0.2, -0.15) is 0 Å². The van der Waals surface area contributed by atoms with Gasteiger partial charge in [0.2, 0.25) is 0 Å². The molecule has 2 nitrogen and oxygen atoms in total. The Morgan fingerprint density at radius 3 is 2.88 bits per heavy atom. The van der Waals surface area contributed by atoms with Gasteiger partial charge in [-0.15, -0.1) is 11.3 Å². The first-order valence-corrected chi connectivity index (χ1v) is 6.60. The minimum absolute atomic E-state index is 0.0862. The van der Waals surface area contributed by atoms with Gasteiger partial charge < -0.3 is 5.32 Å². The molecule has 1 atom stereocenters. The van der Waals surface area contributed by atoms with E-state index in [0.717, 1.165) is 17.8 Å². The molecular formula is C13H15FN2S. The fraction of sp³-hybridized carbons (Fsp3) is 0.308. The lowest BCUT2D eigenvalue weighted by molar-refractivity contribution is 0.520. The molecule has 0 fully saturated rings. The van der Waals surface area contributed by atoms with Crippen LogP contribution in [0.3, 0.4) is 0 Å². The molecule has 1 aromatic heterocycles. The van der Waals surface area contributed by atoms with Crippen LogP contribution < -0.4 is 5.32 Å². The van der Waals surface area contributed by atoms with E-state index in [4.69, 9.17) is 0 Å². The number of likely N-dealkylation sites (N-methyl/N-ethyl adjacent to an activating group) is 1. The van der Waals surface area contributed by atoms with Gasteiger partial charge in [0.15, 0.2) is 0 Å². The summed E-state index contributed by atoms with van der Waals surface area (Å²) in [6.45, 7) is 2.89. The zero-order valence-corrected chi connectivity index (χ0v) is 10.5. The third-order valence-electron chi connectivity index (χ3n) is 2.64. The zero-order chi connectivity index (χ0) is 12.1. The van der Waals surface area contributed by atoms with Crippen LogP contribution in [0.4, 0.5) is 4.39 Å². The topological polar surface area (TPSA) is 24.9 Å². The Labute approximate surface area is 105 Å². The lowest BCUT2D eigenvalue weighted by atomic mass is 10.0. The highest BCUT2D eigenvalue weighted by molar-refractivity contribution is 7.07. The molecule has 0 spiro atoms. The Morgan fingerprint density at radius 2 is 2.24 bits per heavy atom. The molecular weight excluding hydrogens is 235 g/mol. The van der Waals surface area contributed by atoms with E-state index in [-0.39, 0.29) is 11.9 Å². The standard InChI is InChI=1S/C13H15FN2S/c1-2-15-12(13-8-17-9-16-13)7-10-5-3-4-6-11(10)14/h3-6,8-9,12,15H,2,7H2,1H3. The predicted octanol–water partition coefficient (Wildman–Crippen LogP) is 3.18. The van der Waals surface area contributed by atoms with Gasteiger partial charge in [0.1, 0.15) is 5.82 Å². The van der Waals surface area contributed by atoms with E-state index in [9.17, 15) is 4.39 Å². The average Bonchev–Trinajstić information content (AvgIpc) is 2.85. The highest BCUT2D eigenvalue weighted by atomic mass is 32.1. The largest absolute Gasteiger partial charge is 0.309 e. The average molecular weight is 250 g/mol. The predicted molar refractivity (Wildman–Crippen MR) is 68.6 cm³/mol. The molecule has 0 aliphatic carbocycles. The molecule has 1 unspecified atom stereocenters. The van der Waals surface area contributed by atoms with Crippen molar-refractivity contribution in [3.63, 3.8) is 0 Å². The maximum atomic E-state index is 13.6. The monoisotopic (exact) mass is 250 g/mol. The molecule has 1 heterocycles. The van der Waals surface area contributed by atoms with Crippen molar-refractivity contribution in [2.75, 3.05) is 6.54 Å². The van der Waals surface area contributed by atoms with E-state index >= 15 is 0 Å². The van der Waals surface area contributed by atoms with E-state index in [0.29, 0.717) is 6.42 Å². The van der Waals surface area contributed by atoms with Gasteiger partial charge in [-0.05, 0) is 24.6 Å². The van der Waals surface area contributed by atoms with Crippen LogP contribution in [0.5, 0.6) is 0 Å². The van der Waals surface area contributed by atoms with E-state index in [1.165, 1.54) is 6.07 Å². The molecule has 1 aromatic carbocycles. The summed E-state index contributed by atoms with van der Waals surface area (Å²) in [7, 11) is 0. The summed E-state index contributed by atoms with van der Waals surface area (Å²) in [4.78, 5) is 4.29. The van der Waals surface area contributed by atoms with Crippen LogP contribution in [0.15, 0.2) is 35.2 Å². The van der Waals surface area contributed by atoms with Gasteiger partial charge in [0.05, 0.1) is 17.2 Å². The van der Waals surface area contributed by atoms with Gasteiger partial charge in [-0.25, -0.2) is 9.37 Å². The lowest BCUT2D eigenvalue weighted by Crippen LogP contribution is -2.23. The molecule has 2 rings (SSSR count). The smallest absolute Gasteiger partial charge is 0.126 e. The fourth-order valence-electron chi connectivity index (χ4n) is 1.81. The summed E-state index contributed by atoms with van der Waals surface area (Å²) in [5, 5.41) is 5.35. The van der Waals surface area contributed by atoms with Gasteiger partial charge in [0.25, 0.3) is 0 Å². The summed E-state index contributed by atoms with van der Waals surface area (Å²) in [6, 6.07) is 6.99. The van der Waals surface area contributed by atoms with Gasteiger partial charge in [0, 0.05) is 5.38 Å². The number of rotatable bonds is 5. The lowest BCUT2D eigenvalue weighted by Gasteiger charge is -2.16. The number of thiazole rings is 1. The molecule has 0 radical (unpaired) electrons. The van der Waals surface area contributed by atoms with Crippen LogP contribution in [-0.4, -0.2) is 11.5 Å². The quantitative estimate of drug-likeness (QED) is 0.881. The summed E-state index contributed by atoms with van der Waals surface area (Å²) in [6.07, 6.45) is 0.629. The summed E-state index contributed by atoms with van der Waals surface area (Å²) < 4.78 is 13.6. The van der Waals surface area contributed by atoms with Crippen molar-refractivity contribution < 1.29 is 4.39 Å². The molecule has 2 aromatic rings. The fourth-order valence-corrected chi connectivity index (χ4v) is 2.41. The van der Waals surface area contributed by atoms with Crippen LogP contribution >= 0.6 is 11.3 Å². The Balaban J connectivity index is 2.16. The second kappa shape index (κ2) is 5.89. The number of hydrogen-bond acceptors (Lipinski definition) is 3. The maximum Gasteiger partial charge on any atom is 0.126 e. The van der Waals surface area contributed by atoms with Crippen LogP contribution in [-0.2, 0) is 6.42 Å². The summed E-state index contributed by atoms with van der Waals surface area (Å²) in [5.41, 5.74) is 3.52. The molecule has 17 heavy (non-hydrogen) atoms. The number of benzene rings is 1. The van der Waals surface area contributed by atoms with Crippen molar-refractivity contribution >= 4 is 11.3 Å². The Bertz CT molecular complexity index is 456. The van der Waals surface area contributed by atoms with Crippen molar-refractivity contribution in [3.8, 4) is 0 Å². The second-order valence-electron chi connectivity index (χ2n) is 3.82. The minimum Gasteiger partial charge on any atom is -0.309 e. The van der Waals surface area contributed by atoms with Crippen molar-refractivity contribution in [3.05, 3.63) is 52.2 Å². The highest BCUT2D eigenvalue weighted by Crippen LogP contribution is 2.19. The van der Waals surface area contributed by atoms with Crippen molar-refractivity contribution in [2.24, 2.45) is 0 Å². The summed E-state index contributed by atoms with van der Waals surface area (Å²) in [5.74, 6) is -0.148. The normalized spacial score (nSPS) is 12.6. The van der Waals surface area contributed by atoms with E-state index in [1.54, 1.807) is 22.9 Å². The number of hydrogen-bond donors (Lipinski definition) is 1. The molecule has 0 aliphatic heterocycles. The van der Waals surface area contributed by atoms with Crippen LogP contribution in [0.25, 0.3) is 0 Å². The first-order chi connectivity index (χ1) is 8.31. The molecule has 0 saturated heterocycles. The van der Waals surface area contributed by atoms with Gasteiger partial charge in [-0.1, -0.05) is 25.1 Å². The van der Waals surface area contributed by atoms with Crippen molar-refractivity contribution in [1.82, 2.24) is 10.3 Å². The number of aromatic nitrogens is 1. The third kappa shape index (κ3) is 3.11.